The summed E-state index contributed by atoms with van der Waals surface area (Å²) in [7, 11) is 0. The second-order valence-electron chi connectivity index (χ2n) is 7.41. The lowest BCUT2D eigenvalue weighted by Gasteiger charge is -2.08. The van der Waals surface area contributed by atoms with Crippen molar-refractivity contribution in [2.75, 3.05) is 26.4 Å². The molecule has 36 heavy (non-hydrogen) atoms. The van der Waals surface area contributed by atoms with E-state index in [2.05, 4.69) is 0 Å². The summed E-state index contributed by atoms with van der Waals surface area (Å²) in [5, 5.41) is 0. The highest BCUT2D eigenvalue weighted by Crippen LogP contribution is 2.15. The second kappa shape index (κ2) is 14.1. The van der Waals surface area contributed by atoms with Gasteiger partial charge in [0.25, 0.3) is 0 Å². The molecule has 3 aromatic carbocycles. The number of benzene rings is 3. The highest BCUT2D eigenvalue weighted by Gasteiger charge is 2.10. The number of aryl methyl sites for hydroxylation is 1. The molecule has 9 nitrogen and oxygen atoms in total. The van der Waals surface area contributed by atoms with E-state index in [0.717, 1.165) is 11.1 Å². The Balaban J connectivity index is 1.24. The zero-order valence-corrected chi connectivity index (χ0v) is 19.7. The number of rotatable bonds is 11. The van der Waals surface area contributed by atoms with Crippen molar-refractivity contribution in [3.8, 4) is 11.5 Å². The highest BCUT2D eigenvalue weighted by atomic mass is 16.7. The Kier molecular flexibility index (Phi) is 10.3. The molecule has 0 atom stereocenters. The molecule has 0 radical (unpaired) electrons. The number of hydrogen-bond donors (Lipinski definition) is 0. The molecule has 0 bridgehead atoms. The molecule has 9 heteroatoms. The van der Waals surface area contributed by atoms with Gasteiger partial charge in [0, 0.05) is 0 Å². The molecule has 0 unspecified atom stereocenters. The third-order valence-electron chi connectivity index (χ3n) is 4.62. The van der Waals surface area contributed by atoms with Crippen LogP contribution in [0.3, 0.4) is 0 Å². The minimum Gasteiger partial charge on any atom is -0.457 e. The zero-order chi connectivity index (χ0) is 25.6. The summed E-state index contributed by atoms with van der Waals surface area (Å²) in [6.07, 6.45) is -1.76. The van der Waals surface area contributed by atoms with E-state index < -0.39 is 18.3 Å². The topological polar surface area (TPSA) is 107 Å². The van der Waals surface area contributed by atoms with E-state index in [1.165, 1.54) is 24.3 Å². The predicted molar refractivity (Wildman–Crippen MR) is 128 cm³/mol. The van der Waals surface area contributed by atoms with E-state index >= 15 is 0 Å². The van der Waals surface area contributed by atoms with Gasteiger partial charge < -0.3 is 28.4 Å². The lowest BCUT2D eigenvalue weighted by Crippen LogP contribution is -2.17. The van der Waals surface area contributed by atoms with Crippen molar-refractivity contribution in [2.24, 2.45) is 0 Å². The molecule has 0 heterocycles. The SMILES string of the molecule is Cc1ccc(OC(=O)OCCOCCOC(=O)Oc2ccc(C(=O)OCc3ccccc3)cc2)cc1. The van der Waals surface area contributed by atoms with Crippen molar-refractivity contribution in [3.63, 3.8) is 0 Å². The fourth-order valence-corrected chi connectivity index (χ4v) is 2.79. The minimum atomic E-state index is -0.920. The summed E-state index contributed by atoms with van der Waals surface area (Å²) in [6, 6.07) is 22.2. The predicted octanol–water partition coefficient (Wildman–Crippen LogP) is 5.10. The largest absolute Gasteiger partial charge is 0.513 e. The first-order valence-electron chi connectivity index (χ1n) is 11.1. The van der Waals surface area contributed by atoms with Crippen LogP contribution in [0.5, 0.6) is 11.5 Å². The maximum Gasteiger partial charge on any atom is 0.513 e. The Bertz CT molecular complexity index is 1110. The average Bonchev–Trinajstić information content (AvgIpc) is 2.89. The summed E-state index contributed by atoms with van der Waals surface area (Å²) in [4.78, 5) is 35.5. The standard InChI is InChI=1S/C27H26O9/c1-20-7-11-23(12-8-20)35-26(29)32-17-15-31-16-18-33-27(30)36-24-13-9-22(10-14-24)25(28)34-19-21-5-3-2-4-6-21/h2-14H,15-19H2,1H3. The summed E-state index contributed by atoms with van der Waals surface area (Å²) < 4.78 is 30.4. The first kappa shape index (κ1) is 26.2. The van der Waals surface area contributed by atoms with Crippen molar-refractivity contribution in [3.05, 3.63) is 95.6 Å². The van der Waals surface area contributed by atoms with Gasteiger partial charge in [0.15, 0.2) is 0 Å². The smallest absolute Gasteiger partial charge is 0.457 e. The Hall–Kier alpha value is -4.37. The molecular weight excluding hydrogens is 468 g/mol. The van der Waals surface area contributed by atoms with E-state index in [0.29, 0.717) is 11.3 Å². The third-order valence-corrected chi connectivity index (χ3v) is 4.62. The van der Waals surface area contributed by atoms with Gasteiger partial charge in [0.05, 0.1) is 18.8 Å². The Morgan fingerprint density at radius 3 is 1.69 bits per heavy atom. The highest BCUT2D eigenvalue weighted by molar-refractivity contribution is 5.89. The molecule has 0 amide bonds. The molecule has 0 spiro atoms. The molecule has 0 fully saturated rings. The van der Waals surface area contributed by atoms with Crippen LogP contribution >= 0.6 is 0 Å². The van der Waals surface area contributed by atoms with E-state index in [9.17, 15) is 14.4 Å². The molecular formula is C27H26O9. The Labute approximate surface area is 208 Å². The number of hydrogen-bond acceptors (Lipinski definition) is 9. The molecule has 0 aliphatic heterocycles. The van der Waals surface area contributed by atoms with Crippen LogP contribution in [0.25, 0.3) is 0 Å². The van der Waals surface area contributed by atoms with Gasteiger partial charge in [-0.1, -0.05) is 48.0 Å². The molecule has 0 aliphatic carbocycles. The van der Waals surface area contributed by atoms with Gasteiger partial charge in [-0.05, 0) is 48.9 Å². The van der Waals surface area contributed by atoms with Crippen molar-refractivity contribution >= 4 is 18.3 Å². The van der Waals surface area contributed by atoms with E-state index in [1.54, 1.807) is 12.1 Å². The van der Waals surface area contributed by atoms with Gasteiger partial charge >= 0.3 is 18.3 Å². The monoisotopic (exact) mass is 494 g/mol. The van der Waals surface area contributed by atoms with Crippen LogP contribution in [0.1, 0.15) is 21.5 Å². The van der Waals surface area contributed by atoms with Crippen molar-refractivity contribution in [1.29, 1.82) is 0 Å². The number of carbonyl (C=O) groups excluding carboxylic acids is 3. The number of ether oxygens (including phenoxy) is 6. The maximum atomic E-state index is 12.1. The van der Waals surface area contributed by atoms with Gasteiger partial charge in [-0.3, -0.25) is 0 Å². The van der Waals surface area contributed by atoms with Crippen molar-refractivity contribution < 1.29 is 42.8 Å². The summed E-state index contributed by atoms with van der Waals surface area (Å²) in [6.45, 7) is 2.19. The third kappa shape index (κ3) is 9.47. The molecule has 0 aliphatic rings. The van der Waals surface area contributed by atoms with Gasteiger partial charge in [0.1, 0.15) is 31.3 Å². The van der Waals surface area contributed by atoms with E-state index in [1.807, 2.05) is 49.4 Å². The van der Waals surface area contributed by atoms with Gasteiger partial charge in [0.2, 0.25) is 0 Å². The van der Waals surface area contributed by atoms with Crippen molar-refractivity contribution in [1.82, 2.24) is 0 Å². The van der Waals surface area contributed by atoms with Crippen LogP contribution in [-0.4, -0.2) is 44.7 Å². The van der Waals surface area contributed by atoms with Crippen LogP contribution in [0.4, 0.5) is 9.59 Å². The molecule has 0 saturated carbocycles. The molecule has 0 saturated heterocycles. The van der Waals surface area contributed by atoms with E-state index in [-0.39, 0.29) is 38.8 Å². The molecule has 0 aromatic heterocycles. The van der Waals surface area contributed by atoms with Gasteiger partial charge in [-0.15, -0.1) is 0 Å². The van der Waals surface area contributed by atoms with Crippen LogP contribution in [0, 0.1) is 6.92 Å². The summed E-state index contributed by atoms with van der Waals surface area (Å²) >= 11 is 0. The lowest BCUT2D eigenvalue weighted by atomic mass is 10.2. The number of esters is 1. The molecule has 188 valence electrons. The van der Waals surface area contributed by atoms with Gasteiger partial charge in [-0.25, -0.2) is 14.4 Å². The summed E-state index contributed by atoms with van der Waals surface area (Å²) in [5.74, 6) is 0.106. The second-order valence-corrected chi connectivity index (χ2v) is 7.41. The molecule has 3 aromatic rings. The zero-order valence-electron chi connectivity index (χ0n) is 19.7. The van der Waals surface area contributed by atoms with Crippen LogP contribution in [0.15, 0.2) is 78.9 Å². The molecule has 3 rings (SSSR count). The molecule has 0 N–H and O–H groups in total. The first-order valence-corrected chi connectivity index (χ1v) is 11.1. The Morgan fingerprint density at radius 2 is 1.14 bits per heavy atom. The maximum absolute atomic E-state index is 12.1. The number of carbonyl (C=O) groups is 3. The van der Waals surface area contributed by atoms with Crippen LogP contribution in [0.2, 0.25) is 0 Å². The van der Waals surface area contributed by atoms with E-state index in [4.69, 9.17) is 28.4 Å². The summed E-state index contributed by atoms with van der Waals surface area (Å²) in [5.41, 5.74) is 2.25. The quantitative estimate of drug-likeness (QED) is 0.156. The lowest BCUT2D eigenvalue weighted by molar-refractivity contribution is 0.0267. The first-order chi connectivity index (χ1) is 17.5. The van der Waals surface area contributed by atoms with Gasteiger partial charge in [-0.2, -0.15) is 0 Å². The fourth-order valence-electron chi connectivity index (χ4n) is 2.79. The minimum absolute atomic E-state index is 0.0186. The van der Waals surface area contributed by atoms with Crippen molar-refractivity contribution in [2.45, 2.75) is 13.5 Å². The fraction of sp³-hybridized carbons (Fsp3) is 0.222. The Morgan fingerprint density at radius 1 is 0.611 bits per heavy atom. The normalized spacial score (nSPS) is 10.2. The average molecular weight is 494 g/mol. The van der Waals surface area contributed by atoms with Crippen LogP contribution in [-0.2, 0) is 25.6 Å². The van der Waals surface area contributed by atoms with Crippen LogP contribution < -0.4 is 9.47 Å².